The van der Waals surface area contributed by atoms with Crippen LogP contribution in [0.15, 0.2) is 54.2 Å². The van der Waals surface area contributed by atoms with Crippen molar-refractivity contribution in [3.8, 4) is 11.3 Å². The molecule has 0 spiro atoms. The fourth-order valence-electron chi connectivity index (χ4n) is 2.52. The summed E-state index contributed by atoms with van der Waals surface area (Å²) in [5.74, 6) is 0.00871. The van der Waals surface area contributed by atoms with Crippen molar-refractivity contribution in [3.63, 3.8) is 0 Å². The molecule has 0 unspecified atom stereocenters. The molecule has 0 saturated carbocycles. The van der Waals surface area contributed by atoms with Gasteiger partial charge >= 0.3 is 5.69 Å². The Morgan fingerprint density at radius 2 is 1.92 bits per heavy atom. The highest BCUT2D eigenvalue weighted by Gasteiger charge is 2.22. The first-order valence-electron chi connectivity index (χ1n) is 7.48. The van der Waals surface area contributed by atoms with Gasteiger partial charge in [-0.1, -0.05) is 48.0 Å². The summed E-state index contributed by atoms with van der Waals surface area (Å²) in [5, 5.41) is 18.4. The number of rotatable bonds is 4. The van der Waals surface area contributed by atoms with Crippen LogP contribution in [0.25, 0.3) is 22.0 Å². The Hall–Kier alpha value is -3.10. The number of thiazole rings is 1. The highest BCUT2D eigenvalue weighted by Crippen LogP contribution is 2.33. The molecule has 1 N–H and O–H groups in total. The largest absolute Gasteiger partial charge is 0.348 e. The van der Waals surface area contributed by atoms with Crippen LogP contribution in [0.1, 0.15) is 0 Å². The summed E-state index contributed by atoms with van der Waals surface area (Å²) in [6, 6.07) is 14.1. The van der Waals surface area contributed by atoms with E-state index in [9.17, 15) is 10.1 Å². The monoisotopic (exact) mass is 383 g/mol. The summed E-state index contributed by atoms with van der Waals surface area (Å²) >= 11 is 7.12. The second kappa shape index (κ2) is 6.66. The molecule has 0 saturated heterocycles. The Bertz CT molecular complexity index is 1130. The molecule has 0 aliphatic carbocycles. The van der Waals surface area contributed by atoms with E-state index >= 15 is 0 Å². The van der Waals surface area contributed by atoms with Gasteiger partial charge in [0, 0.05) is 10.9 Å². The second-order valence-electron chi connectivity index (χ2n) is 5.34. The average Bonchev–Trinajstić information content (AvgIpc) is 3.09. The van der Waals surface area contributed by atoms with Gasteiger partial charge in [0.2, 0.25) is 11.0 Å². The third kappa shape index (κ3) is 3.07. The normalized spacial score (nSPS) is 10.8. The van der Waals surface area contributed by atoms with Crippen molar-refractivity contribution < 1.29 is 4.92 Å². The van der Waals surface area contributed by atoms with E-state index in [1.165, 1.54) is 11.3 Å². The number of anilines is 2. The van der Waals surface area contributed by atoms with Gasteiger partial charge in [-0.2, -0.15) is 0 Å². The van der Waals surface area contributed by atoms with Crippen molar-refractivity contribution in [1.29, 1.82) is 0 Å². The van der Waals surface area contributed by atoms with E-state index in [2.05, 4.69) is 26.3 Å². The van der Waals surface area contributed by atoms with E-state index in [4.69, 9.17) is 11.6 Å². The number of nitrogens with zero attached hydrogens (tertiary/aromatic N) is 4. The lowest BCUT2D eigenvalue weighted by atomic mass is 10.1. The number of aromatic nitrogens is 3. The molecule has 0 aliphatic rings. The Balaban J connectivity index is 1.66. The number of fused-ring (bicyclic) bond motifs is 1. The molecule has 0 radical (unpaired) electrons. The number of hydrogen-bond donors (Lipinski definition) is 1. The lowest BCUT2D eigenvalue weighted by Gasteiger charge is -2.03. The van der Waals surface area contributed by atoms with Gasteiger partial charge in [0.05, 0.1) is 10.6 Å². The van der Waals surface area contributed by atoms with Crippen molar-refractivity contribution in [1.82, 2.24) is 15.0 Å². The van der Waals surface area contributed by atoms with Crippen LogP contribution >= 0.6 is 22.9 Å². The number of hydrogen-bond acceptors (Lipinski definition) is 7. The van der Waals surface area contributed by atoms with Crippen LogP contribution in [0.3, 0.4) is 0 Å². The molecule has 128 valence electrons. The van der Waals surface area contributed by atoms with Gasteiger partial charge in [-0.15, -0.1) is 11.3 Å². The summed E-state index contributed by atoms with van der Waals surface area (Å²) in [6.45, 7) is 0. The molecule has 4 aromatic rings. The zero-order valence-electron chi connectivity index (χ0n) is 13.1. The Morgan fingerprint density at radius 1 is 1.12 bits per heavy atom. The molecule has 0 amide bonds. The van der Waals surface area contributed by atoms with E-state index in [1.807, 2.05) is 41.8 Å². The summed E-state index contributed by atoms with van der Waals surface area (Å²) in [5.41, 5.74) is 1.35. The molecule has 7 nitrogen and oxygen atoms in total. The number of nitrogens with one attached hydrogen (secondary N) is 1. The number of benzene rings is 2. The Morgan fingerprint density at radius 3 is 2.73 bits per heavy atom. The minimum absolute atomic E-state index is 0.00871. The van der Waals surface area contributed by atoms with Crippen LogP contribution in [-0.2, 0) is 0 Å². The van der Waals surface area contributed by atoms with Gasteiger partial charge in [-0.25, -0.2) is 15.0 Å². The van der Waals surface area contributed by atoms with Crippen molar-refractivity contribution in [2.75, 3.05) is 5.32 Å². The predicted octanol–water partition coefficient (Wildman–Crippen LogP) is 5.06. The maximum atomic E-state index is 11.2. The molecule has 0 atom stereocenters. The van der Waals surface area contributed by atoms with E-state index < -0.39 is 4.92 Å². The van der Waals surface area contributed by atoms with E-state index in [0.717, 1.165) is 28.4 Å². The average molecular weight is 384 g/mol. The lowest BCUT2D eigenvalue weighted by Crippen LogP contribution is -2.01. The minimum atomic E-state index is -0.623. The first-order chi connectivity index (χ1) is 12.6. The summed E-state index contributed by atoms with van der Waals surface area (Å²) in [6.07, 6.45) is 1.16. The summed E-state index contributed by atoms with van der Waals surface area (Å²) < 4.78 is 0. The van der Waals surface area contributed by atoms with Gasteiger partial charge in [-0.3, -0.25) is 10.1 Å². The first kappa shape index (κ1) is 16.4. The summed E-state index contributed by atoms with van der Waals surface area (Å²) in [4.78, 5) is 22.6. The van der Waals surface area contributed by atoms with Gasteiger partial charge < -0.3 is 5.32 Å². The molecule has 2 aromatic carbocycles. The van der Waals surface area contributed by atoms with Crippen LogP contribution in [0.2, 0.25) is 5.15 Å². The highest BCUT2D eigenvalue weighted by molar-refractivity contribution is 7.14. The second-order valence-corrected chi connectivity index (χ2v) is 6.56. The van der Waals surface area contributed by atoms with Gasteiger partial charge in [0.25, 0.3) is 0 Å². The third-order valence-electron chi connectivity index (χ3n) is 3.73. The van der Waals surface area contributed by atoms with Gasteiger partial charge in [-0.05, 0) is 16.8 Å². The SMILES string of the molecule is O=[N+]([O-])c1c(Cl)ncnc1Nc1nc(-c2ccc3ccccc3c2)cs1. The smallest absolute Gasteiger partial charge is 0.310 e. The quantitative estimate of drug-likeness (QED) is 0.301. The van der Waals surface area contributed by atoms with Crippen LogP contribution in [0.5, 0.6) is 0 Å². The molecule has 0 fully saturated rings. The molecule has 0 bridgehead atoms. The first-order valence-corrected chi connectivity index (χ1v) is 8.74. The minimum Gasteiger partial charge on any atom is -0.310 e. The zero-order valence-corrected chi connectivity index (χ0v) is 14.7. The maximum Gasteiger partial charge on any atom is 0.348 e. The van der Waals surface area contributed by atoms with E-state index in [-0.39, 0.29) is 16.7 Å². The topological polar surface area (TPSA) is 93.8 Å². The van der Waals surface area contributed by atoms with Gasteiger partial charge in [0.15, 0.2) is 5.13 Å². The van der Waals surface area contributed by atoms with Gasteiger partial charge in [0.1, 0.15) is 6.33 Å². The molecule has 9 heteroatoms. The fourth-order valence-corrected chi connectivity index (χ4v) is 3.45. The van der Waals surface area contributed by atoms with Crippen LogP contribution < -0.4 is 5.32 Å². The van der Waals surface area contributed by atoms with Crippen LogP contribution in [-0.4, -0.2) is 19.9 Å². The van der Waals surface area contributed by atoms with Crippen molar-refractivity contribution in [2.45, 2.75) is 0 Å². The molecule has 0 aliphatic heterocycles. The zero-order chi connectivity index (χ0) is 18.1. The molecule has 2 heterocycles. The van der Waals surface area contributed by atoms with Crippen molar-refractivity contribution >= 4 is 50.3 Å². The molecule has 4 rings (SSSR count). The van der Waals surface area contributed by atoms with Crippen LogP contribution in [0.4, 0.5) is 16.6 Å². The molecular formula is C17H10ClN5O2S. The van der Waals surface area contributed by atoms with E-state index in [0.29, 0.717) is 5.13 Å². The lowest BCUT2D eigenvalue weighted by molar-refractivity contribution is -0.384. The third-order valence-corrected chi connectivity index (χ3v) is 4.77. The molecule has 2 aromatic heterocycles. The molecular weight excluding hydrogens is 374 g/mol. The predicted molar refractivity (Wildman–Crippen MR) is 102 cm³/mol. The molecule has 26 heavy (non-hydrogen) atoms. The van der Waals surface area contributed by atoms with Crippen molar-refractivity contribution in [3.05, 3.63) is 69.4 Å². The maximum absolute atomic E-state index is 11.2. The van der Waals surface area contributed by atoms with Crippen LogP contribution in [0, 0.1) is 10.1 Å². The Kier molecular flexibility index (Phi) is 4.19. The highest BCUT2D eigenvalue weighted by atomic mass is 35.5. The fraction of sp³-hybridized carbons (Fsp3) is 0. The van der Waals surface area contributed by atoms with E-state index in [1.54, 1.807) is 0 Å². The number of nitro groups is 1. The number of halogens is 1. The Labute approximate surface area is 156 Å². The standard InChI is InChI=1S/C17H10ClN5O2S/c18-15-14(23(24)25)16(20-9-19-15)22-17-21-13(8-26-17)12-6-5-10-3-1-2-4-11(10)7-12/h1-9H,(H,19,20,21,22). The van der Waals surface area contributed by atoms with Crippen molar-refractivity contribution in [2.24, 2.45) is 0 Å². The summed E-state index contributed by atoms with van der Waals surface area (Å²) in [7, 11) is 0.